The second-order valence-electron chi connectivity index (χ2n) is 4.92. The van der Waals surface area contributed by atoms with Gasteiger partial charge in [-0.3, -0.25) is 0 Å². The van der Waals surface area contributed by atoms with Crippen molar-refractivity contribution < 1.29 is 4.74 Å². The van der Waals surface area contributed by atoms with Crippen LogP contribution < -0.4 is 0 Å². The lowest BCUT2D eigenvalue weighted by atomic mass is 9.83. The first-order chi connectivity index (χ1) is 7.98. The molecule has 0 bridgehead atoms. The Kier molecular flexibility index (Phi) is 2.74. The molecule has 0 fully saturated rings. The van der Waals surface area contributed by atoms with Gasteiger partial charge in [-0.25, -0.2) is 0 Å². The molecule has 0 spiro atoms. The van der Waals surface area contributed by atoms with Crippen molar-refractivity contribution in [2.24, 2.45) is 7.05 Å². The van der Waals surface area contributed by atoms with Gasteiger partial charge in [-0.2, -0.15) is 0 Å². The molecule has 2 nitrogen and oxygen atoms in total. The van der Waals surface area contributed by atoms with E-state index in [1.165, 1.54) is 16.5 Å². The number of fused-ring (bicyclic) bond motifs is 1. The third-order valence-corrected chi connectivity index (χ3v) is 3.51. The minimum absolute atomic E-state index is 0.185. The van der Waals surface area contributed by atoms with E-state index < -0.39 is 0 Å². The maximum absolute atomic E-state index is 5.32. The van der Waals surface area contributed by atoms with Crippen molar-refractivity contribution in [3.8, 4) is 0 Å². The Morgan fingerprint density at radius 2 is 1.94 bits per heavy atom. The van der Waals surface area contributed by atoms with E-state index in [0.717, 1.165) is 5.76 Å². The summed E-state index contributed by atoms with van der Waals surface area (Å²) in [6, 6.07) is 8.40. The van der Waals surface area contributed by atoms with Gasteiger partial charge in [0.2, 0.25) is 0 Å². The summed E-state index contributed by atoms with van der Waals surface area (Å²) in [6.07, 6.45) is 2.16. The number of para-hydroxylation sites is 1. The fourth-order valence-electron chi connectivity index (χ4n) is 2.25. The van der Waals surface area contributed by atoms with Crippen LogP contribution in [0.25, 0.3) is 10.9 Å². The van der Waals surface area contributed by atoms with Crippen LogP contribution >= 0.6 is 0 Å². The summed E-state index contributed by atoms with van der Waals surface area (Å²) in [5, 5.41) is 1.26. The predicted octanol–water partition coefficient (Wildman–Crippen LogP) is 3.62. The largest absolute Gasteiger partial charge is 0.501 e. The molecule has 0 aliphatic carbocycles. The molecular weight excluding hydrogens is 210 g/mol. The van der Waals surface area contributed by atoms with Crippen molar-refractivity contribution in [1.82, 2.24) is 4.57 Å². The normalized spacial score (nSPS) is 11.8. The van der Waals surface area contributed by atoms with E-state index in [1.54, 1.807) is 7.11 Å². The van der Waals surface area contributed by atoms with Crippen LogP contribution in [-0.4, -0.2) is 11.7 Å². The van der Waals surface area contributed by atoms with Gasteiger partial charge in [0, 0.05) is 29.6 Å². The molecule has 0 N–H and O–H groups in total. The monoisotopic (exact) mass is 229 g/mol. The van der Waals surface area contributed by atoms with E-state index in [1.807, 2.05) is 0 Å². The van der Waals surface area contributed by atoms with Gasteiger partial charge in [0.1, 0.15) is 0 Å². The number of aryl methyl sites for hydroxylation is 1. The van der Waals surface area contributed by atoms with Crippen molar-refractivity contribution in [3.63, 3.8) is 0 Å². The van der Waals surface area contributed by atoms with Crippen LogP contribution in [0.2, 0.25) is 0 Å². The summed E-state index contributed by atoms with van der Waals surface area (Å²) in [7, 11) is 3.74. The predicted molar refractivity (Wildman–Crippen MR) is 72.1 cm³/mol. The van der Waals surface area contributed by atoms with Gasteiger partial charge in [-0.15, -0.1) is 0 Å². The number of hydrogen-bond donors (Lipinski definition) is 0. The first kappa shape index (κ1) is 11.8. The van der Waals surface area contributed by atoms with Crippen molar-refractivity contribution in [2.45, 2.75) is 19.3 Å². The lowest BCUT2D eigenvalue weighted by Gasteiger charge is -2.25. The van der Waals surface area contributed by atoms with Gasteiger partial charge < -0.3 is 9.30 Å². The smallest absolute Gasteiger partial charge is 0.0984 e. The Bertz CT molecular complexity index is 563. The molecule has 0 amide bonds. The molecule has 0 radical (unpaired) electrons. The van der Waals surface area contributed by atoms with Crippen molar-refractivity contribution >= 4 is 10.9 Å². The molecule has 2 rings (SSSR count). The first-order valence-electron chi connectivity index (χ1n) is 5.76. The Morgan fingerprint density at radius 1 is 1.29 bits per heavy atom. The van der Waals surface area contributed by atoms with E-state index in [-0.39, 0.29) is 5.41 Å². The molecule has 90 valence electrons. The van der Waals surface area contributed by atoms with Crippen LogP contribution in [0, 0.1) is 0 Å². The Morgan fingerprint density at radius 3 is 2.59 bits per heavy atom. The highest BCUT2D eigenvalue weighted by Crippen LogP contribution is 2.36. The molecule has 0 saturated carbocycles. The average Bonchev–Trinajstić information content (AvgIpc) is 2.67. The van der Waals surface area contributed by atoms with Crippen LogP contribution in [0.5, 0.6) is 0 Å². The van der Waals surface area contributed by atoms with Gasteiger partial charge in [0.05, 0.1) is 12.9 Å². The molecule has 2 aromatic rings. The molecular formula is C15H19NO. The molecule has 17 heavy (non-hydrogen) atoms. The van der Waals surface area contributed by atoms with Crippen molar-refractivity contribution in [3.05, 3.63) is 48.4 Å². The summed E-state index contributed by atoms with van der Waals surface area (Å²) in [5.41, 5.74) is 2.30. The molecule has 0 aliphatic heterocycles. The fourth-order valence-corrected chi connectivity index (χ4v) is 2.25. The molecule has 0 saturated heterocycles. The van der Waals surface area contributed by atoms with Crippen LogP contribution in [0.3, 0.4) is 0 Å². The van der Waals surface area contributed by atoms with E-state index >= 15 is 0 Å². The number of methoxy groups -OCH3 is 1. The van der Waals surface area contributed by atoms with Crippen LogP contribution in [-0.2, 0) is 17.2 Å². The van der Waals surface area contributed by atoms with Gasteiger partial charge in [-0.05, 0) is 25.5 Å². The zero-order valence-corrected chi connectivity index (χ0v) is 10.9. The Hall–Kier alpha value is -1.70. The fraction of sp³-hybridized carbons (Fsp3) is 0.333. The number of aromatic nitrogens is 1. The zero-order valence-electron chi connectivity index (χ0n) is 10.9. The maximum atomic E-state index is 5.32. The van der Waals surface area contributed by atoms with Gasteiger partial charge >= 0.3 is 0 Å². The topological polar surface area (TPSA) is 14.2 Å². The third kappa shape index (κ3) is 1.74. The van der Waals surface area contributed by atoms with Gasteiger partial charge in [0.25, 0.3) is 0 Å². The SMILES string of the molecule is C=C(OC)C(C)(C)c1cn(C)c2ccccc12. The highest BCUT2D eigenvalue weighted by Gasteiger charge is 2.28. The Labute approximate surface area is 103 Å². The molecule has 0 aliphatic rings. The zero-order chi connectivity index (χ0) is 12.6. The number of ether oxygens (including phenoxy) is 1. The number of nitrogens with zero attached hydrogens (tertiary/aromatic N) is 1. The molecule has 1 aromatic heterocycles. The average molecular weight is 229 g/mol. The van der Waals surface area contributed by atoms with E-state index in [4.69, 9.17) is 4.74 Å². The maximum Gasteiger partial charge on any atom is 0.0984 e. The summed E-state index contributed by atoms with van der Waals surface area (Å²) in [4.78, 5) is 0. The molecule has 0 atom stereocenters. The number of benzene rings is 1. The molecule has 1 aromatic carbocycles. The van der Waals surface area contributed by atoms with Crippen molar-refractivity contribution in [2.75, 3.05) is 7.11 Å². The molecule has 2 heteroatoms. The van der Waals surface area contributed by atoms with Crippen molar-refractivity contribution in [1.29, 1.82) is 0 Å². The second-order valence-corrected chi connectivity index (χ2v) is 4.92. The highest BCUT2D eigenvalue weighted by molar-refractivity contribution is 5.85. The second kappa shape index (κ2) is 3.95. The number of rotatable bonds is 3. The van der Waals surface area contributed by atoms with E-state index in [2.05, 4.69) is 62.5 Å². The summed E-state index contributed by atoms with van der Waals surface area (Å²) in [6.45, 7) is 8.28. The quantitative estimate of drug-likeness (QED) is 0.733. The standard InChI is InChI=1S/C15H19NO/c1-11(17-5)15(2,3)13-10-16(4)14-9-7-6-8-12(13)14/h6-10H,1H2,2-5H3. The highest BCUT2D eigenvalue weighted by atomic mass is 16.5. The number of hydrogen-bond acceptors (Lipinski definition) is 1. The lowest BCUT2D eigenvalue weighted by molar-refractivity contribution is 0.238. The lowest BCUT2D eigenvalue weighted by Crippen LogP contribution is -2.20. The number of allylic oxidation sites excluding steroid dienone is 1. The summed E-state index contributed by atoms with van der Waals surface area (Å²) in [5.74, 6) is 0.786. The minimum atomic E-state index is -0.185. The third-order valence-electron chi connectivity index (χ3n) is 3.51. The molecule has 1 heterocycles. The van der Waals surface area contributed by atoms with Crippen LogP contribution in [0.15, 0.2) is 42.8 Å². The van der Waals surface area contributed by atoms with Gasteiger partial charge in [0.15, 0.2) is 0 Å². The summed E-state index contributed by atoms with van der Waals surface area (Å²) < 4.78 is 7.47. The minimum Gasteiger partial charge on any atom is -0.501 e. The Balaban J connectivity index is 2.68. The van der Waals surface area contributed by atoms with Crippen LogP contribution in [0.1, 0.15) is 19.4 Å². The van der Waals surface area contributed by atoms with Crippen LogP contribution in [0.4, 0.5) is 0 Å². The first-order valence-corrected chi connectivity index (χ1v) is 5.76. The summed E-state index contributed by atoms with van der Waals surface area (Å²) >= 11 is 0. The van der Waals surface area contributed by atoms with E-state index in [9.17, 15) is 0 Å². The van der Waals surface area contributed by atoms with Gasteiger partial charge in [-0.1, -0.05) is 24.8 Å². The molecule has 0 unspecified atom stereocenters. The van der Waals surface area contributed by atoms with E-state index in [0.29, 0.717) is 0 Å².